The van der Waals surface area contributed by atoms with Crippen molar-refractivity contribution in [1.29, 1.82) is 5.26 Å². The Kier molecular flexibility index (Phi) is 9.45. The van der Waals surface area contributed by atoms with E-state index in [0.717, 1.165) is 53.1 Å². The van der Waals surface area contributed by atoms with Gasteiger partial charge in [0.1, 0.15) is 11.6 Å². The lowest BCUT2D eigenvalue weighted by Crippen LogP contribution is -2.14. The Morgan fingerprint density at radius 2 is 1.76 bits per heavy atom. The van der Waals surface area contributed by atoms with Gasteiger partial charge in [0.05, 0.1) is 23.8 Å². The van der Waals surface area contributed by atoms with Gasteiger partial charge in [-0.05, 0) is 80.1 Å². The molecule has 1 N–H and O–H groups in total. The smallest absolute Gasteiger partial charge is 0.259 e. The molecule has 1 heterocycles. The van der Waals surface area contributed by atoms with Gasteiger partial charge in [-0.1, -0.05) is 49.2 Å². The Bertz CT molecular complexity index is 1570. The zero-order valence-corrected chi connectivity index (χ0v) is 24.0. The van der Waals surface area contributed by atoms with Crippen LogP contribution >= 0.6 is 11.3 Å². The van der Waals surface area contributed by atoms with E-state index in [9.17, 15) is 10.1 Å². The molecule has 0 radical (unpaired) electrons. The molecule has 0 bridgehead atoms. The molecule has 208 valence electrons. The summed E-state index contributed by atoms with van der Waals surface area (Å²) in [5.74, 6) is 1.09. The predicted molar refractivity (Wildman–Crippen MR) is 165 cm³/mol. The Labute approximate surface area is 245 Å². The molecule has 4 aromatic rings. The van der Waals surface area contributed by atoms with Crippen LogP contribution in [0.3, 0.4) is 0 Å². The fraction of sp³-hybridized carbons (Fsp3) is 0.265. The Balaban J connectivity index is 1.41. The Morgan fingerprint density at radius 1 is 0.976 bits per heavy atom. The maximum absolute atomic E-state index is 13.6. The van der Waals surface area contributed by atoms with Crippen molar-refractivity contribution in [1.82, 2.24) is 0 Å². The zero-order chi connectivity index (χ0) is 28.4. The fourth-order valence-corrected chi connectivity index (χ4v) is 6.21. The molecule has 0 unspecified atom stereocenters. The minimum Gasteiger partial charge on any atom is -0.490 e. The van der Waals surface area contributed by atoms with Gasteiger partial charge in [0, 0.05) is 22.3 Å². The van der Waals surface area contributed by atoms with Crippen molar-refractivity contribution in [3.63, 3.8) is 0 Å². The third-order valence-corrected chi connectivity index (χ3v) is 8.23. The van der Waals surface area contributed by atoms with E-state index in [4.69, 9.17) is 14.5 Å². The van der Waals surface area contributed by atoms with Gasteiger partial charge in [-0.2, -0.15) is 5.26 Å². The first kappa shape index (κ1) is 28.1. The van der Waals surface area contributed by atoms with Crippen molar-refractivity contribution in [2.75, 3.05) is 11.9 Å². The normalized spacial score (nSPS) is 13.1. The number of hydrogen-bond acceptors (Lipinski definition) is 6. The quantitative estimate of drug-likeness (QED) is 0.208. The highest BCUT2D eigenvalue weighted by atomic mass is 32.1. The van der Waals surface area contributed by atoms with Crippen molar-refractivity contribution < 1.29 is 14.3 Å². The lowest BCUT2D eigenvalue weighted by atomic mass is 9.96. The van der Waals surface area contributed by atoms with Gasteiger partial charge in [0.25, 0.3) is 5.91 Å². The number of ether oxygens (including phenoxy) is 2. The highest BCUT2D eigenvalue weighted by molar-refractivity contribution is 7.16. The summed E-state index contributed by atoms with van der Waals surface area (Å²) < 4.78 is 11.9. The lowest BCUT2D eigenvalue weighted by Gasteiger charge is -2.13. The first-order chi connectivity index (χ1) is 20.2. The highest BCUT2D eigenvalue weighted by Crippen LogP contribution is 2.39. The van der Waals surface area contributed by atoms with Crippen LogP contribution in [0.15, 0.2) is 77.8 Å². The molecule has 41 heavy (non-hydrogen) atoms. The van der Waals surface area contributed by atoms with Gasteiger partial charge in [-0.25, -0.2) is 4.99 Å². The Morgan fingerprint density at radius 3 is 2.56 bits per heavy atom. The molecule has 3 aromatic carbocycles. The van der Waals surface area contributed by atoms with E-state index >= 15 is 0 Å². The van der Waals surface area contributed by atoms with E-state index in [1.54, 1.807) is 23.6 Å². The molecule has 0 spiro atoms. The van der Waals surface area contributed by atoms with E-state index in [0.29, 0.717) is 29.2 Å². The van der Waals surface area contributed by atoms with Crippen LogP contribution in [0.4, 0.5) is 10.7 Å². The first-order valence-corrected chi connectivity index (χ1v) is 14.9. The summed E-state index contributed by atoms with van der Waals surface area (Å²) in [5.41, 5.74) is 4.85. The van der Waals surface area contributed by atoms with Crippen LogP contribution in [-0.4, -0.2) is 18.7 Å². The summed E-state index contributed by atoms with van der Waals surface area (Å²) in [4.78, 5) is 19.7. The third-order valence-electron chi connectivity index (χ3n) is 7.03. The fourth-order valence-electron chi connectivity index (χ4n) is 4.98. The van der Waals surface area contributed by atoms with Crippen LogP contribution in [0.5, 0.6) is 11.5 Å². The summed E-state index contributed by atoms with van der Waals surface area (Å²) in [6.07, 6.45) is 8.29. The maximum atomic E-state index is 13.6. The van der Waals surface area contributed by atoms with Crippen molar-refractivity contribution >= 4 is 34.1 Å². The summed E-state index contributed by atoms with van der Waals surface area (Å²) in [5, 5.41) is 13.2. The van der Waals surface area contributed by atoms with E-state index in [1.165, 1.54) is 17.7 Å². The highest BCUT2D eigenvalue weighted by Gasteiger charge is 2.24. The second kappa shape index (κ2) is 13.8. The van der Waals surface area contributed by atoms with E-state index in [1.807, 2.05) is 73.7 Å². The van der Waals surface area contributed by atoms with Crippen LogP contribution in [0.25, 0.3) is 0 Å². The average molecular weight is 564 g/mol. The topological polar surface area (TPSA) is 83.7 Å². The van der Waals surface area contributed by atoms with Crippen molar-refractivity contribution in [2.45, 2.75) is 52.1 Å². The van der Waals surface area contributed by atoms with Crippen molar-refractivity contribution in [3.05, 3.63) is 105 Å². The maximum Gasteiger partial charge on any atom is 0.259 e. The number of rotatable bonds is 9. The van der Waals surface area contributed by atoms with Gasteiger partial charge in [0.15, 0.2) is 11.5 Å². The number of carbonyl (C=O) groups excluding carboxylic acids is 1. The molecule has 0 aliphatic heterocycles. The van der Waals surface area contributed by atoms with Gasteiger partial charge >= 0.3 is 0 Å². The first-order valence-electron chi connectivity index (χ1n) is 14.1. The lowest BCUT2D eigenvalue weighted by molar-refractivity contribution is 0.102. The van der Waals surface area contributed by atoms with E-state index in [-0.39, 0.29) is 12.5 Å². The summed E-state index contributed by atoms with van der Waals surface area (Å²) >= 11 is 1.63. The molecule has 1 aliphatic carbocycles. The number of hydrogen-bond donors (Lipinski definition) is 1. The number of thiophene rings is 1. The molecule has 5 rings (SSSR count). The second-order valence-corrected chi connectivity index (χ2v) is 11.0. The summed E-state index contributed by atoms with van der Waals surface area (Å²) in [7, 11) is 0. The number of amides is 1. The van der Waals surface area contributed by atoms with Crippen LogP contribution < -0.4 is 14.8 Å². The van der Waals surface area contributed by atoms with E-state index < -0.39 is 0 Å². The average Bonchev–Trinajstić information content (AvgIpc) is 3.32. The minimum atomic E-state index is -0.113. The molecule has 0 saturated carbocycles. The largest absolute Gasteiger partial charge is 0.490 e. The molecular formula is C34H33N3O3S. The molecular weight excluding hydrogens is 530 g/mol. The zero-order valence-electron chi connectivity index (χ0n) is 23.2. The number of benzene rings is 3. The Hall–Kier alpha value is -4.41. The van der Waals surface area contributed by atoms with Crippen LogP contribution in [0.1, 0.15) is 70.1 Å². The molecule has 1 amide bonds. The van der Waals surface area contributed by atoms with E-state index in [2.05, 4.69) is 11.4 Å². The van der Waals surface area contributed by atoms with Gasteiger partial charge in [-0.15, -0.1) is 11.3 Å². The number of anilines is 1. The number of aryl methyl sites for hydroxylation is 1. The number of carbonyl (C=O) groups is 1. The number of fused-ring (bicyclic) bond motifs is 1. The molecule has 0 saturated heterocycles. The second-order valence-electron chi connectivity index (χ2n) is 9.87. The summed E-state index contributed by atoms with van der Waals surface area (Å²) in [6, 6.07) is 24.8. The van der Waals surface area contributed by atoms with Crippen LogP contribution in [0, 0.1) is 11.3 Å². The number of aliphatic imine (C=N–C) groups is 1. The third kappa shape index (κ3) is 7.03. The standard InChI is InChI=1S/C34H33N3O3S/c1-2-39-30-20-24(18-19-29(30)40-23-26-13-11-10-12-25(26)21-35)22-36-34-32(33(38)37-27-14-6-5-7-15-27)28-16-8-3-4-9-17-31(28)41-34/h5-7,10-15,18-20,22H,2-4,8-9,16-17,23H2,1H3,(H,37,38). The van der Waals surface area contributed by atoms with Gasteiger partial charge in [-0.3, -0.25) is 4.79 Å². The predicted octanol–water partition coefficient (Wildman–Crippen LogP) is 8.26. The van der Waals surface area contributed by atoms with Crippen molar-refractivity contribution in [3.8, 4) is 17.6 Å². The number of para-hydroxylation sites is 1. The van der Waals surface area contributed by atoms with Crippen LogP contribution in [0.2, 0.25) is 0 Å². The molecule has 1 aliphatic rings. The molecule has 7 heteroatoms. The van der Waals surface area contributed by atoms with Gasteiger partial charge in [0.2, 0.25) is 0 Å². The molecule has 0 fully saturated rings. The molecule has 1 aromatic heterocycles. The number of nitriles is 1. The monoisotopic (exact) mass is 563 g/mol. The van der Waals surface area contributed by atoms with Crippen LogP contribution in [-0.2, 0) is 19.4 Å². The summed E-state index contributed by atoms with van der Waals surface area (Å²) in [6.45, 7) is 2.67. The SMILES string of the molecule is CCOc1cc(C=Nc2sc3c(c2C(=O)Nc2ccccc2)CCCCCC3)ccc1OCc1ccccc1C#N. The number of nitrogens with one attached hydrogen (secondary N) is 1. The van der Waals surface area contributed by atoms with Crippen molar-refractivity contribution in [2.24, 2.45) is 4.99 Å². The minimum absolute atomic E-state index is 0.113. The molecule has 0 atom stereocenters. The number of nitrogens with zero attached hydrogens (tertiary/aromatic N) is 2. The molecule has 6 nitrogen and oxygen atoms in total. The van der Waals surface area contributed by atoms with Gasteiger partial charge < -0.3 is 14.8 Å².